The number of hydrogen-bond donors (Lipinski definition) is 4. The molecule has 226 valence electrons. The largest absolute Gasteiger partial charge is 0.480 e. The molecule has 0 bridgehead atoms. The summed E-state index contributed by atoms with van der Waals surface area (Å²) in [4.78, 5) is 52.1. The molecule has 0 saturated heterocycles. The maximum Gasteiger partial charge on any atom is 0.326 e. The average molecular weight is 626 g/mol. The fourth-order valence-corrected chi connectivity index (χ4v) is 5.67. The molecule has 3 aromatic carbocycles. The van der Waals surface area contributed by atoms with Gasteiger partial charge in [-0.1, -0.05) is 72.8 Å². The summed E-state index contributed by atoms with van der Waals surface area (Å²) in [5.41, 5.74) is 1.92. The number of anilines is 2. The molecule has 1 saturated carbocycles. The van der Waals surface area contributed by atoms with Gasteiger partial charge in [0.1, 0.15) is 6.04 Å². The van der Waals surface area contributed by atoms with E-state index >= 15 is 0 Å². The Morgan fingerprint density at radius 3 is 2.19 bits per heavy atom. The van der Waals surface area contributed by atoms with Gasteiger partial charge in [-0.25, -0.2) is 9.59 Å². The van der Waals surface area contributed by atoms with Gasteiger partial charge in [0, 0.05) is 25.7 Å². The Labute approximate surface area is 260 Å². The molecule has 11 heteroatoms. The lowest BCUT2D eigenvalue weighted by molar-refractivity contribution is -0.139. The monoisotopic (exact) mass is 624 g/mol. The predicted octanol–water partition coefficient (Wildman–Crippen LogP) is 6.40. The Hall–Kier alpha value is -4.08. The van der Waals surface area contributed by atoms with E-state index in [4.69, 9.17) is 23.2 Å². The van der Waals surface area contributed by atoms with Crippen molar-refractivity contribution in [2.24, 2.45) is 5.92 Å². The van der Waals surface area contributed by atoms with Gasteiger partial charge in [0.2, 0.25) is 0 Å². The minimum atomic E-state index is -1.25. The number of rotatable bonds is 10. The molecule has 9 nitrogen and oxygen atoms in total. The maximum absolute atomic E-state index is 13.1. The maximum atomic E-state index is 13.1. The van der Waals surface area contributed by atoms with Crippen molar-refractivity contribution in [3.8, 4) is 0 Å². The molecule has 0 aromatic heterocycles. The number of benzene rings is 3. The quantitative estimate of drug-likeness (QED) is 0.208. The van der Waals surface area contributed by atoms with Gasteiger partial charge in [-0.2, -0.15) is 0 Å². The molecule has 43 heavy (non-hydrogen) atoms. The first-order chi connectivity index (χ1) is 20.6. The fourth-order valence-electron chi connectivity index (χ4n) is 5.11. The molecule has 1 aliphatic rings. The Balaban J connectivity index is 1.38. The molecule has 3 aromatic rings. The van der Waals surface area contributed by atoms with Gasteiger partial charge in [-0.05, 0) is 60.7 Å². The lowest BCUT2D eigenvalue weighted by Crippen LogP contribution is -2.48. The van der Waals surface area contributed by atoms with Gasteiger partial charge in [0.05, 0.1) is 26.9 Å². The minimum Gasteiger partial charge on any atom is -0.480 e. The summed E-state index contributed by atoms with van der Waals surface area (Å²) < 4.78 is 0. The van der Waals surface area contributed by atoms with Crippen LogP contribution >= 0.6 is 23.2 Å². The first-order valence-corrected chi connectivity index (χ1v) is 14.9. The number of halogens is 2. The van der Waals surface area contributed by atoms with Crippen LogP contribution in [0, 0.1) is 5.92 Å². The summed E-state index contributed by atoms with van der Waals surface area (Å²) in [5.74, 6) is -1.52. The average Bonchev–Trinajstić information content (AvgIpc) is 3.00. The standard InChI is InChI=1S/C32H34Cl2N4O5/c1-38(27-13-6-5-10-23(27)29(39)35-19-21-8-3-2-4-9-21)32(43)37-26(31(41)42)18-20-14-16-22(17-15-20)36-30(40)28-24(33)11-7-12-25(28)34/h5-7,10-17,21,26H,2-4,8-9,18-19H2,1H3,(H,35,39)(H,36,40)(H,37,43)(H,41,42)/t26-/m0/s1. The van der Waals surface area contributed by atoms with E-state index in [1.165, 1.54) is 31.2 Å². The highest BCUT2D eigenvalue weighted by Gasteiger charge is 2.25. The molecular formula is C32H34Cl2N4O5. The molecule has 4 amide bonds. The van der Waals surface area contributed by atoms with Crippen molar-refractivity contribution in [1.29, 1.82) is 0 Å². The van der Waals surface area contributed by atoms with Gasteiger partial charge < -0.3 is 21.1 Å². The predicted molar refractivity (Wildman–Crippen MR) is 168 cm³/mol. The van der Waals surface area contributed by atoms with Crippen LogP contribution in [0.2, 0.25) is 10.0 Å². The van der Waals surface area contributed by atoms with Gasteiger partial charge in [0.25, 0.3) is 11.8 Å². The topological polar surface area (TPSA) is 128 Å². The number of urea groups is 1. The van der Waals surface area contributed by atoms with Gasteiger partial charge in [-0.3, -0.25) is 14.5 Å². The van der Waals surface area contributed by atoms with Crippen LogP contribution in [0.1, 0.15) is 58.4 Å². The van der Waals surface area contributed by atoms with Crippen molar-refractivity contribution >= 4 is 58.4 Å². The number of carbonyl (C=O) groups is 4. The highest BCUT2D eigenvalue weighted by atomic mass is 35.5. The van der Waals surface area contributed by atoms with Crippen molar-refractivity contribution in [2.75, 3.05) is 23.8 Å². The molecule has 0 aliphatic heterocycles. The molecule has 1 fully saturated rings. The highest BCUT2D eigenvalue weighted by Crippen LogP contribution is 2.26. The Bertz CT molecular complexity index is 1450. The lowest BCUT2D eigenvalue weighted by Gasteiger charge is -2.24. The number of amides is 4. The Morgan fingerprint density at radius 1 is 0.884 bits per heavy atom. The molecule has 1 aliphatic carbocycles. The molecular weight excluding hydrogens is 591 g/mol. The van der Waals surface area contributed by atoms with Crippen LogP contribution in [0.4, 0.5) is 16.2 Å². The van der Waals surface area contributed by atoms with Gasteiger partial charge in [-0.15, -0.1) is 0 Å². The molecule has 0 heterocycles. The number of carboxylic acid groups (broad SMARTS) is 1. The van der Waals surface area contributed by atoms with Crippen LogP contribution in [0.5, 0.6) is 0 Å². The van der Waals surface area contributed by atoms with E-state index in [9.17, 15) is 24.3 Å². The molecule has 1 atom stereocenters. The van der Waals surface area contributed by atoms with E-state index in [1.807, 2.05) is 0 Å². The Morgan fingerprint density at radius 2 is 1.53 bits per heavy atom. The number of nitrogens with zero attached hydrogens (tertiary/aromatic N) is 1. The summed E-state index contributed by atoms with van der Waals surface area (Å²) in [5, 5.41) is 18.5. The van der Waals surface area contributed by atoms with E-state index in [1.54, 1.807) is 66.7 Å². The number of carboxylic acids is 1. The number of hydrogen-bond acceptors (Lipinski definition) is 4. The van der Waals surface area contributed by atoms with E-state index in [-0.39, 0.29) is 27.9 Å². The molecule has 4 rings (SSSR count). The van der Waals surface area contributed by atoms with Crippen LogP contribution in [0.15, 0.2) is 66.7 Å². The summed E-state index contributed by atoms with van der Waals surface area (Å²) in [6.45, 7) is 0.584. The van der Waals surface area contributed by atoms with Crippen LogP contribution in [-0.4, -0.2) is 48.6 Å². The third-order valence-electron chi connectivity index (χ3n) is 7.53. The van der Waals surface area contributed by atoms with Crippen molar-refractivity contribution in [3.05, 3.63) is 93.5 Å². The van der Waals surface area contributed by atoms with Crippen molar-refractivity contribution in [2.45, 2.75) is 44.6 Å². The van der Waals surface area contributed by atoms with Gasteiger partial charge >= 0.3 is 12.0 Å². The number of carbonyl (C=O) groups excluding carboxylic acids is 3. The van der Waals surface area contributed by atoms with Crippen molar-refractivity contribution < 1.29 is 24.3 Å². The van der Waals surface area contributed by atoms with Gasteiger partial charge in [0.15, 0.2) is 0 Å². The summed E-state index contributed by atoms with van der Waals surface area (Å²) in [6, 6.07) is 16.1. The van der Waals surface area contributed by atoms with Crippen LogP contribution in [-0.2, 0) is 11.2 Å². The number of nitrogens with one attached hydrogen (secondary N) is 3. The summed E-state index contributed by atoms with van der Waals surface area (Å²) in [7, 11) is 1.49. The van der Waals surface area contributed by atoms with Crippen LogP contribution < -0.4 is 20.9 Å². The normalized spacial score (nSPS) is 13.9. The first kappa shape index (κ1) is 31.8. The summed E-state index contributed by atoms with van der Waals surface area (Å²) >= 11 is 12.2. The lowest BCUT2D eigenvalue weighted by atomic mass is 9.89. The molecule has 0 radical (unpaired) electrons. The number of aliphatic carboxylic acids is 1. The van der Waals surface area contributed by atoms with Crippen LogP contribution in [0.3, 0.4) is 0 Å². The van der Waals surface area contributed by atoms with Crippen LogP contribution in [0.25, 0.3) is 0 Å². The SMILES string of the molecule is CN(C(=O)N[C@@H](Cc1ccc(NC(=O)c2c(Cl)cccc2Cl)cc1)C(=O)O)c1ccccc1C(=O)NCC1CCCCC1. The zero-order chi connectivity index (χ0) is 30.9. The second-order valence-corrected chi connectivity index (χ2v) is 11.4. The van der Waals surface area contributed by atoms with Crippen molar-refractivity contribution in [1.82, 2.24) is 10.6 Å². The molecule has 0 spiro atoms. The minimum absolute atomic E-state index is 0.0109. The Kier molecular flexibility index (Phi) is 11.0. The second kappa shape index (κ2) is 14.9. The third-order valence-corrected chi connectivity index (χ3v) is 8.16. The molecule has 0 unspecified atom stereocenters. The van der Waals surface area contributed by atoms with E-state index in [0.717, 1.165) is 12.8 Å². The third kappa shape index (κ3) is 8.49. The zero-order valence-corrected chi connectivity index (χ0v) is 25.3. The van der Waals surface area contributed by atoms with Crippen molar-refractivity contribution in [3.63, 3.8) is 0 Å². The first-order valence-electron chi connectivity index (χ1n) is 14.1. The number of para-hydroxylation sites is 1. The smallest absolute Gasteiger partial charge is 0.326 e. The van der Waals surface area contributed by atoms with E-state index < -0.39 is 23.9 Å². The zero-order valence-electron chi connectivity index (χ0n) is 23.7. The molecule has 4 N–H and O–H groups in total. The van der Waals surface area contributed by atoms with E-state index in [0.29, 0.717) is 35.0 Å². The highest BCUT2D eigenvalue weighted by molar-refractivity contribution is 6.40. The second-order valence-electron chi connectivity index (χ2n) is 10.6. The fraction of sp³-hybridized carbons (Fsp3) is 0.312. The van der Waals surface area contributed by atoms with E-state index in [2.05, 4.69) is 16.0 Å². The summed E-state index contributed by atoms with van der Waals surface area (Å²) in [6.07, 6.45) is 5.75.